The lowest BCUT2D eigenvalue weighted by atomic mass is 10.1. The summed E-state index contributed by atoms with van der Waals surface area (Å²) in [5.41, 5.74) is 1.87. The average Bonchev–Trinajstić information content (AvgIpc) is 3.16. The lowest BCUT2D eigenvalue weighted by molar-refractivity contribution is -0.122. The number of thiophene rings is 1. The van der Waals surface area contributed by atoms with E-state index in [1.165, 1.54) is 23.5 Å². The molecule has 0 unspecified atom stereocenters. The number of nitrogens with zero attached hydrogens (tertiary/aromatic N) is 1. The fourth-order valence-corrected chi connectivity index (χ4v) is 4.09. The van der Waals surface area contributed by atoms with Crippen LogP contribution in [0, 0.1) is 0 Å². The number of amides is 2. The molecule has 1 aromatic heterocycles. The molecule has 0 saturated carbocycles. The van der Waals surface area contributed by atoms with E-state index >= 15 is 0 Å². The number of hydrogen-bond acceptors (Lipinski definition) is 5. The lowest BCUT2D eigenvalue weighted by Crippen LogP contribution is -2.27. The van der Waals surface area contributed by atoms with Crippen LogP contribution in [0.4, 0.5) is 4.79 Å². The van der Waals surface area contributed by atoms with Crippen LogP contribution >= 0.6 is 23.1 Å². The van der Waals surface area contributed by atoms with E-state index in [-0.39, 0.29) is 23.3 Å². The molecule has 5 nitrogen and oxygen atoms in total. The molecule has 0 radical (unpaired) electrons. The maximum Gasteiger partial charge on any atom is 0.335 e. The van der Waals surface area contributed by atoms with Gasteiger partial charge in [-0.3, -0.25) is 14.5 Å². The van der Waals surface area contributed by atoms with Gasteiger partial charge in [-0.15, -0.1) is 17.9 Å². The second-order valence-electron chi connectivity index (χ2n) is 5.20. The normalized spacial score (nSPS) is 15.8. The smallest absolute Gasteiger partial charge is 0.335 e. The van der Waals surface area contributed by atoms with Crippen molar-refractivity contribution < 1.29 is 19.5 Å². The molecule has 1 aliphatic rings. The molecule has 2 aromatic rings. The van der Waals surface area contributed by atoms with E-state index in [1.54, 1.807) is 18.2 Å². The molecule has 25 heavy (non-hydrogen) atoms. The van der Waals surface area contributed by atoms with Gasteiger partial charge in [0.15, 0.2) is 0 Å². The molecule has 2 heterocycles. The van der Waals surface area contributed by atoms with Crippen molar-refractivity contribution in [2.24, 2.45) is 0 Å². The van der Waals surface area contributed by atoms with E-state index < -0.39 is 5.97 Å². The van der Waals surface area contributed by atoms with E-state index in [1.807, 2.05) is 17.5 Å². The minimum Gasteiger partial charge on any atom is -0.478 e. The highest BCUT2D eigenvalue weighted by Gasteiger charge is 2.34. The van der Waals surface area contributed by atoms with Crippen molar-refractivity contribution in [2.45, 2.75) is 0 Å². The molecule has 1 N–H and O–H groups in total. The highest BCUT2D eigenvalue weighted by Crippen LogP contribution is 2.34. The van der Waals surface area contributed by atoms with Gasteiger partial charge in [-0.2, -0.15) is 0 Å². The van der Waals surface area contributed by atoms with Crippen LogP contribution in [0.5, 0.6) is 0 Å². The van der Waals surface area contributed by atoms with Gasteiger partial charge in [0, 0.05) is 11.4 Å². The molecule has 0 bridgehead atoms. The predicted octanol–water partition coefficient (Wildman–Crippen LogP) is 4.34. The molecule has 3 rings (SSSR count). The summed E-state index contributed by atoms with van der Waals surface area (Å²) in [4.78, 5) is 37.5. The number of aromatic carboxylic acids is 1. The van der Waals surface area contributed by atoms with Gasteiger partial charge in [-0.1, -0.05) is 18.2 Å². The molecule has 0 spiro atoms. The SMILES string of the molecule is C=CCN1C(=O)S/C(=C\c2cc(-c3cccc(C(=O)O)c3)cs2)C1=O. The zero-order chi connectivity index (χ0) is 18.0. The van der Waals surface area contributed by atoms with Crippen LogP contribution in [-0.2, 0) is 4.79 Å². The first-order valence-electron chi connectivity index (χ1n) is 7.28. The first-order chi connectivity index (χ1) is 12.0. The summed E-state index contributed by atoms with van der Waals surface area (Å²) < 4.78 is 0. The van der Waals surface area contributed by atoms with Gasteiger partial charge < -0.3 is 5.11 Å². The van der Waals surface area contributed by atoms with Crippen LogP contribution in [0.3, 0.4) is 0 Å². The van der Waals surface area contributed by atoms with Crippen molar-refractivity contribution in [3.05, 3.63) is 63.7 Å². The Morgan fingerprint density at radius 3 is 2.76 bits per heavy atom. The molecule has 0 aliphatic carbocycles. The maximum atomic E-state index is 12.2. The Labute approximate surface area is 152 Å². The zero-order valence-electron chi connectivity index (χ0n) is 13.0. The molecule has 2 amide bonds. The van der Waals surface area contributed by atoms with Crippen molar-refractivity contribution in [3.8, 4) is 11.1 Å². The number of thioether (sulfide) groups is 1. The zero-order valence-corrected chi connectivity index (χ0v) is 14.6. The van der Waals surface area contributed by atoms with Gasteiger partial charge in [0.25, 0.3) is 11.1 Å². The van der Waals surface area contributed by atoms with E-state index in [2.05, 4.69) is 6.58 Å². The van der Waals surface area contributed by atoms with Gasteiger partial charge in [0.2, 0.25) is 0 Å². The van der Waals surface area contributed by atoms with Gasteiger partial charge in [0.1, 0.15) is 0 Å². The molecule has 1 fully saturated rings. The van der Waals surface area contributed by atoms with Gasteiger partial charge in [-0.05, 0) is 52.5 Å². The number of carboxylic acid groups (broad SMARTS) is 1. The second kappa shape index (κ2) is 7.08. The number of imide groups is 1. The van der Waals surface area contributed by atoms with E-state index in [0.29, 0.717) is 4.91 Å². The molecular formula is C18H13NO4S2. The third-order valence-corrected chi connectivity index (χ3v) is 5.31. The molecular weight excluding hydrogens is 358 g/mol. The van der Waals surface area contributed by atoms with Crippen molar-refractivity contribution in [3.63, 3.8) is 0 Å². The van der Waals surface area contributed by atoms with Crippen molar-refractivity contribution in [1.82, 2.24) is 4.90 Å². The number of carbonyl (C=O) groups excluding carboxylic acids is 2. The monoisotopic (exact) mass is 371 g/mol. The molecule has 126 valence electrons. The summed E-state index contributed by atoms with van der Waals surface area (Å²) >= 11 is 2.33. The summed E-state index contributed by atoms with van der Waals surface area (Å²) in [5, 5.41) is 10.7. The first kappa shape index (κ1) is 17.2. The van der Waals surface area contributed by atoms with Crippen LogP contribution in [0.2, 0.25) is 0 Å². The largest absolute Gasteiger partial charge is 0.478 e. The quantitative estimate of drug-likeness (QED) is 0.625. The van der Waals surface area contributed by atoms with Crippen LogP contribution in [0.1, 0.15) is 15.2 Å². The molecule has 1 aromatic carbocycles. The van der Waals surface area contributed by atoms with Gasteiger partial charge in [0.05, 0.1) is 10.5 Å². The van der Waals surface area contributed by atoms with Crippen LogP contribution in [0.25, 0.3) is 17.2 Å². The third-order valence-electron chi connectivity index (χ3n) is 3.52. The Balaban J connectivity index is 1.86. The number of hydrogen-bond donors (Lipinski definition) is 1. The summed E-state index contributed by atoms with van der Waals surface area (Å²) in [6.07, 6.45) is 3.20. The summed E-state index contributed by atoms with van der Waals surface area (Å²) in [7, 11) is 0. The van der Waals surface area contributed by atoms with E-state index in [4.69, 9.17) is 5.11 Å². The Morgan fingerprint density at radius 2 is 2.04 bits per heavy atom. The molecule has 0 atom stereocenters. The standard InChI is InChI=1S/C18H13NO4S2/c1-2-6-19-16(20)15(25-18(19)23)9-14-8-13(10-24-14)11-4-3-5-12(7-11)17(21)22/h2-5,7-10H,1,6H2,(H,21,22)/b15-9-. The average molecular weight is 371 g/mol. The number of rotatable bonds is 5. The fourth-order valence-electron chi connectivity index (χ4n) is 2.33. The fraction of sp³-hybridized carbons (Fsp3) is 0.0556. The summed E-state index contributed by atoms with van der Waals surface area (Å²) in [6.45, 7) is 3.74. The topological polar surface area (TPSA) is 74.7 Å². The maximum absolute atomic E-state index is 12.2. The van der Waals surface area contributed by atoms with E-state index in [0.717, 1.165) is 32.7 Å². The molecule has 7 heteroatoms. The highest BCUT2D eigenvalue weighted by molar-refractivity contribution is 8.18. The van der Waals surface area contributed by atoms with Crippen molar-refractivity contribution in [2.75, 3.05) is 6.54 Å². The number of carboxylic acids is 1. The minimum absolute atomic E-state index is 0.194. The summed E-state index contributed by atoms with van der Waals surface area (Å²) in [5.74, 6) is -1.30. The van der Waals surface area contributed by atoms with Crippen LogP contribution in [-0.4, -0.2) is 33.7 Å². The predicted molar refractivity (Wildman–Crippen MR) is 99.6 cm³/mol. The summed E-state index contributed by atoms with van der Waals surface area (Å²) in [6, 6.07) is 8.53. The molecule has 1 saturated heterocycles. The van der Waals surface area contributed by atoms with Crippen LogP contribution < -0.4 is 0 Å². The van der Waals surface area contributed by atoms with Gasteiger partial charge in [-0.25, -0.2) is 4.79 Å². The third kappa shape index (κ3) is 3.57. The Kier molecular flexibility index (Phi) is 4.87. The Hall–Kier alpha value is -2.64. The number of benzene rings is 1. The number of carbonyl (C=O) groups is 3. The van der Waals surface area contributed by atoms with Crippen LogP contribution in [0.15, 0.2) is 53.3 Å². The minimum atomic E-state index is -0.979. The highest BCUT2D eigenvalue weighted by atomic mass is 32.2. The first-order valence-corrected chi connectivity index (χ1v) is 8.97. The van der Waals surface area contributed by atoms with E-state index in [9.17, 15) is 14.4 Å². The molecule has 1 aliphatic heterocycles. The van der Waals surface area contributed by atoms with Crippen molar-refractivity contribution in [1.29, 1.82) is 0 Å². The Morgan fingerprint density at radius 1 is 1.24 bits per heavy atom. The van der Waals surface area contributed by atoms with Crippen molar-refractivity contribution >= 4 is 46.3 Å². The Bertz CT molecular complexity index is 913. The lowest BCUT2D eigenvalue weighted by Gasteiger charge is -2.07. The van der Waals surface area contributed by atoms with Gasteiger partial charge >= 0.3 is 5.97 Å². The second-order valence-corrected chi connectivity index (χ2v) is 7.14.